The first-order chi connectivity index (χ1) is 11.6. The summed E-state index contributed by atoms with van der Waals surface area (Å²) < 4.78 is 7.07. The molecule has 1 N–H and O–H groups in total. The van der Waals surface area contributed by atoms with Gasteiger partial charge in [0.1, 0.15) is 6.54 Å². The second kappa shape index (κ2) is 7.68. The summed E-state index contributed by atoms with van der Waals surface area (Å²) in [4.78, 5) is 25.9. The molecule has 0 unspecified atom stereocenters. The highest BCUT2D eigenvalue weighted by Gasteiger charge is 2.16. The molecule has 1 saturated heterocycles. The zero-order chi connectivity index (χ0) is 16.9. The van der Waals surface area contributed by atoms with E-state index in [0.29, 0.717) is 44.3 Å². The highest BCUT2D eigenvalue weighted by molar-refractivity contribution is 6.31. The molecule has 2 heterocycles. The van der Waals surface area contributed by atoms with Gasteiger partial charge >= 0.3 is 0 Å². The van der Waals surface area contributed by atoms with Crippen LogP contribution in [0.4, 0.5) is 0 Å². The second-order valence-corrected chi connectivity index (χ2v) is 6.18. The Morgan fingerprint density at radius 1 is 1.21 bits per heavy atom. The molecule has 1 aromatic heterocycles. The fraction of sp³-hybridized carbons (Fsp3) is 0.412. The van der Waals surface area contributed by atoms with Gasteiger partial charge in [-0.05, 0) is 23.6 Å². The summed E-state index contributed by atoms with van der Waals surface area (Å²) in [5.74, 6) is -0.0703. The number of halogens is 1. The van der Waals surface area contributed by atoms with Gasteiger partial charge in [0, 0.05) is 42.8 Å². The Balaban J connectivity index is 1.48. The lowest BCUT2D eigenvalue weighted by atomic mass is 10.2. The van der Waals surface area contributed by atoms with E-state index in [1.54, 1.807) is 4.90 Å². The number of nitrogens with one attached hydrogen (secondary N) is 1. The largest absolute Gasteiger partial charge is 0.378 e. The zero-order valence-corrected chi connectivity index (χ0v) is 14.1. The number of fused-ring (bicyclic) bond motifs is 1. The number of amides is 2. The molecule has 7 heteroatoms. The molecule has 1 aliphatic rings. The molecule has 0 aliphatic carbocycles. The fourth-order valence-electron chi connectivity index (χ4n) is 2.79. The van der Waals surface area contributed by atoms with Crippen LogP contribution < -0.4 is 5.32 Å². The van der Waals surface area contributed by atoms with Crippen molar-refractivity contribution in [3.05, 3.63) is 35.5 Å². The van der Waals surface area contributed by atoms with Gasteiger partial charge in [0.25, 0.3) is 0 Å². The van der Waals surface area contributed by atoms with E-state index in [-0.39, 0.29) is 18.4 Å². The van der Waals surface area contributed by atoms with Crippen molar-refractivity contribution in [2.24, 2.45) is 0 Å². The van der Waals surface area contributed by atoms with Crippen molar-refractivity contribution < 1.29 is 14.3 Å². The van der Waals surface area contributed by atoms with Crippen molar-refractivity contribution in [1.29, 1.82) is 0 Å². The molecular weight excluding hydrogens is 330 g/mol. The second-order valence-electron chi connectivity index (χ2n) is 5.74. The van der Waals surface area contributed by atoms with Crippen LogP contribution in [0.2, 0.25) is 5.02 Å². The standard InChI is InChI=1S/C17H20ClN3O3/c18-14-2-1-13-4-6-21(15(13)11-14)12-16(22)19-5-3-17(23)20-7-9-24-10-8-20/h1-2,4,6,11H,3,5,7-10,12H2,(H,19,22). The Morgan fingerprint density at radius 3 is 2.79 bits per heavy atom. The van der Waals surface area contributed by atoms with Crippen molar-refractivity contribution in [2.75, 3.05) is 32.8 Å². The lowest BCUT2D eigenvalue weighted by Crippen LogP contribution is -2.42. The Bertz CT molecular complexity index is 738. The first kappa shape index (κ1) is 16.8. The van der Waals surface area contributed by atoms with Crippen LogP contribution in [0, 0.1) is 0 Å². The van der Waals surface area contributed by atoms with Gasteiger partial charge in [-0.3, -0.25) is 9.59 Å². The molecule has 1 fully saturated rings. The van der Waals surface area contributed by atoms with Crippen LogP contribution >= 0.6 is 11.6 Å². The van der Waals surface area contributed by atoms with E-state index in [2.05, 4.69) is 5.32 Å². The number of ether oxygens (including phenoxy) is 1. The Labute approximate surface area is 145 Å². The number of aromatic nitrogens is 1. The number of carbonyl (C=O) groups excluding carboxylic acids is 2. The Hall–Kier alpha value is -2.05. The van der Waals surface area contributed by atoms with Gasteiger partial charge in [0.15, 0.2) is 0 Å². The number of nitrogens with zero attached hydrogens (tertiary/aromatic N) is 2. The van der Waals surface area contributed by atoms with Gasteiger partial charge in [-0.2, -0.15) is 0 Å². The van der Waals surface area contributed by atoms with Crippen LogP contribution in [0.25, 0.3) is 10.9 Å². The molecule has 0 atom stereocenters. The normalized spacial score (nSPS) is 14.8. The summed E-state index contributed by atoms with van der Waals surface area (Å²) in [5.41, 5.74) is 0.919. The monoisotopic (exact) mass is 349 g/mol. The molecule has 2 amide bonds. The van der Waals surface area contributed by atoms with Crippen molar-refractivity contribution in [3.63, 3.8) is 0 Å². The quantitative estimate of drug-likeness (QED) is 0.893. The number of rotatable bonds is 5. The van der Waals surface area contributed by atoms with E-state index in [4.69, 9.17) is 16.3 Å². The minimum Gasteiger partial charge on any atom is -0.378 e. The third-order valence-electron chi connectivity index (χ3n) is 4.07. The molecule has 24 heavy (non-hydrogen) atoms. The van der Waals surface area contributed by atoms with Gasteiger partial charge < -0.3 is 19.5 Å². The average Bonchev–Trinajstić information content (AvgIpc) is 2.97. The van der Waals surface area contributed by atoms with Gasteiger partial charge in [0.05, 0.1) is 13.2 Å². The lowest BCUT2D eigenvalue weighted by Gasteiger charge is -2.26. The van der Waals surface area contributed by atoms with Gasteiger partial charge in [0.2, 0.25) is 11.8 Å². The predicted molar refractivity (Wildman–Crippen MR) is 92.0 cm³/mol. The van der Waals surface area contributed by atoms with Gasteiger partial charge in [-0.15, -0.1) is 0 Å². The molecule has 3 rings (SSSR count). The highest BCUT2D eigenvalue weighted by Crippen LogP contribution is 2.20. The number of morpholine rings is 1. The number of carbonyl (C=O) groups is 2. The van der Waals surface area contributed by atoms with Gasteiger partial charge in [-0.1, -0.05) is 17.7 Å². The summed E-state index contributed by atoms with van der Waals surface area (Å²) >= 11 is 6.01. The van der Waals surface area contributed by atoms with E-state index in [1.807, 2.05) is 35.0 Å². The Morgan fingerprint density at radius 2 is 2.00 bits per heavy atom. The molecule has 0 saturated carbocycles. The SMILES string of the molecule is O=C(Cn1ccc2ccc(Cl)cc21)NCCC(=O)N1CCOCC1. The number of hydrogen-bond acceptors (Lipinski definition) is 3. The topological polar surface area (TPSA) is 63.6 Å². The highest BCUT2D eigenvalue weighted by atomic mass is 35.5. The van der Waals surface area contributed by atoms with Crippen LogP contribution in [0.3, 0.4) is 0 Å². The smallest absolute Gasteiger partial charge is 0.239 e. The van der Waals surface area contributed by atoms with Crippen molar-refractivity contribution in [1.82, 2.24) is 14.8 Å². The van der Waals surface area contributed by atoms with E-state index in [0.717, 1.165) is 10.9 Å². The maximum absolute atomic E-state index is 12.1. The van der Waals surface area contributed by atoms with Crippen LogP contribution in [-0.2, 0) is 20.9 Å². The summed E-state index contributed by atoms with van der Waals surface area (Å²) in [6, 6.07) is 7.53. The van der Waals surface area contributed by atoms with E-state index < -0.39 is 0 Å². The lowest BCUT2D eigenvalue weighted by molar-refractivity contribution is -0.135. The molecule has 0 spiro atoms. The third-order valence-corrected chi connectivity index (χ3v) is 4.31. The number of hydrogen-bond donors (Lipinski definition) is 1. The summed E-state index contributed by atoms with van der Waals surface area (Å²) in [6.45, 7) is 2.97. The number of benzene rings is 1. The Kier molecular flexibility index (Phi) is 5.37. The molecule has 1 aromatic carbocycles. The molecule has 1 aliphatic heterocycles. The maximum atomic E-state index is 12.1. The van der Waals surface area contributed by atoms with Crippen molar-refractivity contribution >= 4 is 34.3 Å². The molecule has 0 radical (unpaired) electrons. The van der Waals surface area contributed by atoms with Crippen molar-refractivity contribution in [3.8, 4) is 0 Å². The molecule has 2 aromatic rings. The molecule has 128 valence electrons. The third kappa shape index (κ3) is 4.07. The fourth-order valence-corrected chi connectivity index (χ4v) is 2.95. The average molecular weight is 350 g/mol. The summed E-state index contributed by atoms with van der Waals surface area (Å²) in [6.07, 6.45) is 2.17. The molecule has 6 nitrogen and oxygen atoms in total. The van der Waals surface area contributed by atoms with Crippen LogP contribution in [0.5, 0.6) is 0 Å². The van der Waals surface area contributed by atoms with Crippen LogP contribution in [0.1, 0.15) is 6.42 Å². The molecular formula is C17H20ClN3O3. The maximum Gasteiger partial charge on any atom is 0.239 e. The van der Waals surface area contributed by atoms with E-state index >= 15 is 0 Å². The minimum absolute atomic E-state index is 0.0526. The van der Waals surface area contributed by atoms with Gasteiger partial charge in [-0.25, -0.2) is 0 Å². The van der Waals surface area contributed by atoms with Crippen molar-refractivity contribution in [2.45, 2.75) is 13.0 Å². The first-order valence-corrected chi connectivity index (χ1v) is 8.38. The van der Waals surface area contributed by atoms with Crippen LogP contribution in [-0.4, -0.2) is 54.1 Å². The summed E-state index contributed by atoms with van der Waals surface area (Å²) in [7, 11) is 0. The first-order valence-electron chi connectivity index (χ1n) is 8.00. The van der Waals surface area contributed by atoms with E-state index in [9.17, 15) is 9.59 Å². The van der Waals surface area contributed by atoms with E-state index in [1.165, 1.54) is 0 Å². The minimum atomic E-state index is -0.123. The molecule has 0 bridgehead atoms. The predicted octanol–water partition coefficient (Wildman–Crippen LogP) is 1.66. The summed E-state index contributed by atoms with van der Waals surface area (Å²) in [5, 5.41) is 4.47. The van der Waals surface area contributed by atoms with Crippen LogP contribution in [0.15, 0.2) is 30.5 Å². The zero-order valence-electron chi connectivity index (χ0n) is 13.3.